The molecule has 0 aromatic heterocycles. The Morgan fingerprint density at radius 3 is 2.40 bits per heavy atom. The van der Waals surface area contributed by atoms with Crippen LogP contribution < -0.4 is 5.73 Å². The lowest BCUT2D eigenvalue weighted by Crippen LogP contribution is -2.48. The molecule has 15 heavy (non-hydrogen) atoms. The van der Waals surface area contributed by atoms with Gasteiger partial charge < -0.3 is 10.8 Å². The van der Waals surface area contributed by atoms with Crippen molar-refractivity contribution in [2.75, 3.05) is 6.54 Å². The zero-order valence-electron chi connectivity index (χ0n) is 8.98. The molecular formula is C10H18N2O3. The molecule has 0 aromatic rings. The van der Waals surface area contributed by atoms with Crippen molar-refractivity contribution in [1.82, 2.24) is 4.90 Å². The maximum atomic E-state index is 10.9. The Hall–Kier alpha value is -1.10. The second kappa shape index (κ2) is 5.11. The summed E-state index contributed by atoms with van der Waals surface area (Å²) in [7, 11) is 0. The summed E-state index contributed by atoms with van der Waals surface area (Å²) in [5.74, 6) is -1.36. The van der Waals surface area contributed by atoms with Gasteiger partial charge in [0.15, 0.2) is 0 Å². The molecule has 5 heteroatoms. The lowest BCUT2D eigenvalue weighted by atomic mass is 10.1. The molecule has 1 rings (SSSR count). The van der Waals surface area contributed by atoms with Gasteiger partial charge in [0.25, 0.3) is 0 Å². The Labute approximate surface area is 89.2 Å². The van der Waals surface area contributed by atoms with Crippen LogP contribution in [0.2, 0.25) is 0 Å². The van der Waals surface area contributed by atoms with E-state index in [0.717, 1.165) is 25.7 Å². The van der Waals surface area contributed by atoms with E-state index in [-0.39, 0.29) is 12.6 Å². The Bertz CT molecular complexity index is 249. The Morgan fingerprint density at radius 1 is 1.47 bits per heavy atom. The van der Waals surface area contributed by atoms with Gasteiger partial charge in [-0.25, -0.2) is 0 Å². The molecule has 1 unspecified atom stereocenters. The maximum absolute atomic E-state index is 10.9. The number of carboxylic acids is 1. The van der Waals surface area contributed by atoms with E-state index in [1.165, 1.54) is 0 Å². The molecule has 1 atom stereocenters. The zero-order chi connectivity index (χ0) is 11.4. The fraction of sp³-hybridized carbons (Fsp3) is 0.800. The van der Waals surface area contributed by atoms with Crippen molar-refractivity contribution in [3.05, 3.63) is 0 Å². The molecule has 86 valence electrons. The number of carbonyl (C=O) groups excluding carboxylic acids is 1. The fourth-order valence-electron chi connectivity index (χ4n) is 2.14. The molecule has 0 aromatic carbocycles. The normalized spacial score (nSPS) is 19.3. The summed E-state index contributed by atoms with van der Waals surface area (Å²) in [6.45, 7) is 1.64. The largest absolute Gasteiger partial charge is 0.480 e. The summed E-state index contributed by atoms with van der Waals surface area (Å²) in [6.07, 6.45) is 4.13. The van der Waals surface area contributed by atoms with E-state index in [0.29, 0.717) is 0 Å². The second-order valence-electron chi connectivity index (χ2n) is 4.09. The van der Waals surface area contributed by atoms with Crippen LogP contribution in [0.15, 0.2) is 0 Å². The highest BCUT2D eigenvalue weighted by atomic mass is 16.4. The Balaban J connectivity index is 2.67. The first-order valence-corrected chi connectivity index (χ1v) is 5.29. The molecule has 1 aliphatic carbocycles. The minimum atomic E-state index is -0.900. The third-order valence-electron chi connectivity index (χ3n) is 2.99. The molecule has 0 saturated heterocycles. The molecule has 0 aliphatic heterocycles. The first-order valence-electron chi connectivity index (χ1n) is 5.29. The lowest BCUT2D eigenvalue weighted by molar-refractivity contribution is -0.144. The van der Waals surface area contributed by atoms with Gasteiger partial charge >= 0.3 is 5.97 Å². The molecule has 3 N–H and O–H groups in total. The van der Waals surface area contributed by atoms with Gasteiger partial charge in [0.1, 0.15) is 6.04 Å². The van der Waals surface area contributed by atoms with Crippen LogP contribution in [0.4, 0.5) is 0 Å². The molecule has 0 heterocycles. The number of amides is 1. The summed E-state index contributed by atoms with van der Waals surface area (Å²) in [5.41, 5.74) is 5.13. The molecular weight excluding hydrogens is 196 g/mol. The molecule has 1 aliphatic rings. The average molecular weight is 214 g/mol. The van der Waals surface area contributed by atoms with Crippen molar-refractivity contribution in [2.24, 2.45) is 5.73 Å². The van der Waals surface area contributed by atoms with Gasteiger partial charge in [0.2, 0.25) is 5.91 Å². The minimum Gasteiger partial charge on any atom is -0.480 e. The van der Waals surface area contributed by atoms with Crippen molar-refractivity contribution in [1.29, 1.82) is 0 Å². The molecule has 0 radical (unpaired) electrons. The maximum Gasteiger partial charge on any atom is 0.320 e. The summed E-state index contributed by atoms with van der Waals surface area (Å²) >= 11 is 0. The number of primary amides is 1. The first-order chi connectivity index (χ1) is 7.02. The molecule has 1 fully saturated rings. The number of hydrogen-bond acceptors (Lipinski definition) is 3. The number of carbonyl (C=O) groups is 2. The highest BCUT2D eigenvalue weighted by Crippen LogP contribution is 2.24. The number of nitrogens with two attached hydrogens (primary N) is 1. The van der Waals surface area contributed by atoms with E-state index in [1.54, 1.807) is 11.8 Å². The molecule has 5 nitrogen and oxygen atoms in total. The summed E-state index contributed by atoms with van der Waals surface area (Å²) < 4.78 is 0. The van der Waals surface area contributed by atoms with Gasteiger partial charge in [-0.3, -0.25) is 14.5 Å². The van der Waals surface area contributed by atoms with E-state index >= 15 is 0 Å². The van der Waals surface area contributed by atoms with Crippen LogP contribution in [0.3, 0.4) is 0 Å². The third-order valence-corrected chi connectivity index (χ3v) is 2.99. The van der Waals surface area contributed by atoms with Crippen molar-refractivity contribution in [2.45, 2.75) is 44.7 Å². The van der Waals surface area contributed by atoms with Crippen LogP contribution in [-0.4, -0.2) is 40.5 Å². The van der Waals surface area contributed by atoms with E-state index in [4.69, 9.17) is 10.8 Å². The van der Waals surface area contributed by atoms with Crippen molar-refractivity contribution in [3.8, 4) is 0 Å². The van der Waals surface area contributed by atoms with Gasteiger partial charge in [-0.1, -0.05) is 12.8 Å². The van der Waals surface area contributed by atoms with Crippen LogP contribution in [-0.2, 0) is 9.59 Å². The monoisotopic (exact) mass is 214 g/mol. The summed E-state index contributed by atoms with van der Waals surface area (Å²) in [4.78, 5) is 23.5. The third kappa shape index (κ3) is 3.20. The van der Waals surface area contributed by atoms with E-state index < -0.39 is 17.9 Å². The Kier molecular flexibility index (Phi) is 4.08. The molecule has 0 bridgehead atoms. The zero-order valence-corrected chi connectivity index (χ0v) is 8.98. The topological polar surface area (TPSA) is 83.6 Å². The highest BCUT2D eigenvalue weighted by molar-refractivity contribution is 5.78. The van der Waals surface area contributed by atoms with E-state index in [2.05, 4.69) is 0 Å². The fourth-order valence-corrected chi connectivity index (χ4v) is 2.14. The van der Waals surface area contributed by atoms with Crippen molar-refractivity contribution < 1.29 is 14.7 Å². The van der Waals surface area contributed by atoms with Crippen molar-refractivity contribution in [3.63, 3.8) is 0 Å². The van der Waals surface area contributed by atoms with E-state index in [9.17, 15) is 9.59 Å². The van der Waals surface area contributed by atoms with Crippen LogP contribution in [0.25, 0.3) is 0 Å². The number of carboxylic acid groups (broad SMARTS) is 1. The smallest absolute Gasteiger partial charge is 0.320 e. The van der Waals surface area contributed by atoms with Crippen LogP contribution in [0, 0.1) is 0 Å². The predicted octanol–water partition coefficient (Wildman–Crippen LogP) is 0.189. The standard InChI is InChI=1S/C10H18N2O3/c1-7(10(14)15)12(6-9(11)13)8-4-2-3-5-8/h7-8H,2-6H2,1H3,(H2,11,13)(H,14,15). The number of rotatable bonds is 5. The van der Waals surface area contributed by atoms with Gasteiger partial charge in [0, 0.05) is 6.04 Å². The second-order valence-corrected chi connectivity index (χ2v) is 4.09. The predicted molar refractivity (Wildman–Crippen MR) is 55.3 cm³/mol. The van der Waals surface area contributed by atoms with Crippen molar-refractivity contribution >= 4 is 11.9 Å². The van der Waals surface area contributed by atoms with Gasteiger partial charge in [0.05, 0.1) is 6.54 Å². The summed E-state index contributed by atoms with van der Waals surface area (Å²) in [5, 5.41) is 8.93. The quantitative estimate of drug-likeness (QED) is 0.684. The van der Waals surface area contributed by atoms with E-state index in [1.807, 2.05) is 0 Å². The van der Waals surface area contributed by atoms with Gasteiger partial charge in [-0.05, 0) is 19.8 Å². The number of hydrogen-bond donors (Lipinski definition) is 2. The molecule has 1 amide bonds. The number of aliphatic carboxylic acids is 1. The lowest BCUT2D eigenvalue weighted by Gasteiger charge is -2.30. The first kappa shape index (κ1) is 12.0. The molecule has 1 saturated carbocycles. The SMILES string of the molecule is CC(C(=O)O)N(CC(N)=O)C1CCCC1. The van der Waals surface area contributed by atoms with Crippen LogP contribution in [0.5, 0.6) is 0 Å². The average Bonchev–Trinajstić information content (AvgIpc) is 2.65. The Morgan fingerprint density at radius 2 is 2.00 bits per heavy atom. The van der Waals surface area contributed by atoms with Crippen LogP contribution in [0.1, 0.15) is 32.6 Å². The van der Waals surface area contributed by atoms with Crippen LogP contribution >= 0.6 is 0 Å². The number of nitrogens with zero attached hydrogens (tertiary/aromatic N) is 1. The summed E-state index contributed by atoms with van der Waals surface area (Å²) in [6, 6.07) is -0.441. The minimum absolute atomic E-state index is 0.0398. The van der Waals surface area contributed by atoms with Gasteiger partial charge in [-0.2, -0.15) is 0 Å². The van der Waals surface area contributed by atoms with Gasteiger partial charge in [-0.15, -0.1) is 0 Å². The molecule has 0 spiro atoms. The highest BCUT2D eigenvalue weighted by Gasteiger charge is 2.30.